The number of H-pyrrole nitrogens is 1. The maximum absolute atomic E-state index is 12.2. The maximum atomic E-state index is 12.2. The normalized spacial score (nSPS) is 10.6. The Bertz CT molecular complexity index is 978. The third kappa shape index (κ3) is 4.45. The molecule has 0 radical (unpaired) electrons. The molecule has 128 valence electrons. The van der Waals surface area contributed by atoms with Crippen molar-refractivity contribution in [2.24, 2.45) is 0 Å². The van der Waals surface area contributed by atoms with Gasteiger partial charge in [0, 0.05) is 23.3 Å². The van der Waals surface area contributed by atoms with Crippen molar-refractivity contribution in [3.8, 4) is 0 Å². The molecule has 3 aromatic rings. The zero-order valence-corrected chi connectivity index (χ0v) is 15.2. The molecule has 1 heterocycles. The molecule has 0 unspecified atom stereocenters. The molecule has 0 aliphatic heterocycles. The van der Waals surface area contributed by atoms with Crippen LogP contribution in [0.3, 0.4) is 0 Å². The highest BCUT2D eigenvalue weighted by atomic mass is 32.1. The molecule has 4 nitrogen and oxygen atoms in total. The summed E-state index contributed by atoms with van der Waals surface area (Å²) in [5.41, 5.74) is 4.84. The van der Waals surface area contributed by atoms with E-state index >= 15 is 0 Å². The summed E-state index contributed by atoms with van der Waals surface area (Å²) in [4.78, 5) is 15.2. The highest BCUT2D eigenvalue weighted by molar-refractivity contribution is 7.80. The molecule has 0 atom stereocenters. The molecular weight excluding hydrogens is 330 g/mol. The van der Waals surface area contributed by atoms with Gasteiger partial charge in [-0.2, -0.15) is 0 Å². The van der Waals surface area contributed by atoms with Crippen LogP contribution < -0.4 is 16.2 Å². The van der Waals surface area contributed by atoms with Crippen LogP contribution in [-0.4, -0.2) is 16.6 Å². The van der Waals surface area contributed by atoms with E-state index in [0.717, 1.165) is 27.7 Å². The number of nitrogens with one attached hydrogen (secondary N) is 3. The minimum absolute atomic E-state index is 0.0440. The first-order chi connectivity index (χ1) is 12.0. The molecule has 1 aromatic heterocycles. The largest absolute Gasteiger partial charge is 0.362 e. The SMILES string of the molecule is Cc1cccc(NC(=S)NCCc2cc3ccc(C)cc3[nH]c2=O)c1. The molecule has 5 heteroatoms. The summed E-state index contributed by atoms with van der Waals surface area (Å²) in [6, 6.07) is 16.0. The summed E-state index contributed by atoms with van der Waals surface area (Å²) in [5, 5.41) is 7.90. The van der Waals surface area contributed by atoms with Gasteiger partial charge < -0.3 is 15.6 Å². The Labute approximate surface area is 152 Å². The first-order valence-corrected chi connectivity index (χ1v) is 8.66. The number of hydrogen-bond donors (Lipinski definition) is 3. The van der Waals surface area contributed by atoms with Crippen LogP contribution in [0.2, 0.25) is 0 Å². The first kappa shape index (κ1) is 17.2. The van der Waals surface area contributed by atoms with Crippen LogP contribution in [-0.2, 0) is 6.42 Å². The summed E-state index contributed by atoms with van der Waals surface area (Å²) in [5.74, 6) is 0. The molecule has 25 heavy (non-hydrogen) atoms. The van der Waals surface area contributed by atoms with E-state index in [2.05, 4.69) is 15.6 Å². The average Bonchev–Trinajstić information content (AvgIpc) is 2.55. The highest BCUT2D eigenvalue weighted by Gasteiger charge is 2.04. The van der Waals surface area contributed by atoms with Crippen molar-refractivity contribution in [2.45, 2.75) is 20.3 Å². The van der Waals surface area contributed by atoms with Gasteiger partial charge in [-0.3, -0.25) is 4.79 Å². The Morgan fingerprint density at radius 3 is 2.68 bits per heavy atom. The number of thiocarbonyl (C=S) groups is 1. The predicted molar refractivity (Wildman–Crippen MR) is 108 cm³/mol. The van der Waals surface area contributed by atoms with E-state index in [-0.39, 0.29) is 5.56 Å². The van der Waals surface area contributed by atoms with Gasteiger partial charge in [-0.25, -0.2) is 0 Å². The van der Waals surface area contributed by atoms with Gasteiger partial charge in [0.2, 0.25) is 0 Å². The fourth-order valence-electron chi connectivity index (χ4n) is 2.75. The van der Waals surface area contributed by atoms with Gasteiger partial charge in [0.1, 0.15) is 0 Å². The van der Waals surface area contributed by atoms with E-state index in [0.29, 0.717) is 18.1 Å². The van der Waals surface area contributed by atoms with Crippen molar-refractivity contribution in [1.82, 2.24) is 10.3 Å². The van der Waals surface area contributed by atoms with Crippen LogP contribution in [0.4, 0.5) is 5.69 Å². The average molecular weight is 351 g/mol. The molecule has 0 saturated heterocycles. The number of pyridine rings is 1. The number of anilines is 1. The lowest BCUT2D eigenvalue weighted by molar-refractivity contribution is 0.863. The van der Waals surface area contributed by atoms with Gasteiger partial charge in [-0.15, -0.1) is 0 Å². The van der Waals surface area contributed by atoms with Crippen molar-refractivity contribution in [1.29, 1.82) is 0 Å². The number of aromatic amines is 1. The molecule has 0 aliphatic rings. The van der Waals surface area contributed by atoms with Crippen molar-refractivity contribution in [3.05, 3.63) is 75.6 Å². The van der Waals surface area contributed by atoms with Crippen LogP contribution in [0.5, 0.6) is 0 Å². The Kier molecular flexibility index (Phi) is 5.14. The van der Waals surface area contributed by atoms with Crippen molar-refractivity contribution >= 4 is 33.9 Å². The minimum Gasteiger partial charge on any atom is -0.362 e. The number of benzene rings is 2. The molecule has 0 aliphatic carbocycles. The third-order valence-corrected chi connectivity index (χ3v) is 4.28. The van der Waals surface area contributed by atoms with Gasteiger partial charge in [0.05, 0.1) is 0 Å². The zero-order chi connectivity index (χ0) is 17.8. The van der Waals surface area contributed by atoms with Crippen LogP contribution in [0.15, 0.2) is 53.3 Å². The van der Waals surface area contributed by atoms with Crippen LogP contribution in [0.25, 0.3) is 10.9 Å². The van der Waals surface area contributed by atoms with E-state index in [1.54, 1.807) is 0 Å². The number of fused-ring (bicyclic) bond motifs is 1. The number of rotatable bonds is 4. The molecular formula is C20H21N3OS. The van der Waals surface area contributed by atoms with Crippen molar-refractivity contribution in [2.75, 3.05) is 11.9 Å². The molecule has 3 rings (SSSR count). The smallest absolute Gasteiger partial charge is 0.251 e. The maximum Gasteiger partial charge on any atom is 0.251 e. The molecule has 2 aromatic carbocycles. The third-order valence-electron chi connectivity index (χ3n) is 4.03. The van der Waals surface area contributed by atoms with Crippen molar-refractivity contribution < 1.29 is 0 Å². The van der Waals surface area contributed by atoms with E-state index < -0.39 is 0 Å². The number of aromatic nitrogens is 1. The Morgan fingerprint density at radius 2 is 1.88 bits per heavy atom. The van der Waals surface area contributed by atoms with E-state index in [1.807, 2.05) is 62.4 Å². The van der Waals surface area contributed by atoms with Crippen LogP contribution in [0, 0.1) is 13.8 Å². The van der Waals surface area contributed by atoms with Gasteiger partial charge in [0.25, 0.3) is 5.56 Å². The van der Waals surface area contributed by atoms with Crippen LogP contribution >= 0.6 is 12.2 Å². The van der Waals surface area contributed by atoms with E-state index in [9.17, 15) is 4.79 Å². The standard InChI is InChI=1S/C20H21N3OS/c1-13-4-3-5-17(10-13)22-20(25)21-9-8-16-12-15-7-6-14(2)11-18(15)23-19(16)24/h3-7,10-12H,8-9H2,1-2H3,(H,23,24)(H2,21,22,25). The second kappa shape index (κ2) is 7.49. The summed E-state index contributed by atoms with van der Waals surface area (Å²) in [7, 11) is 0. The molecule has 0 amide bonds. The lowest BCUT2D eigenvalue weighted by Crippen LogP contribution is -2.31. The Hall–Kier alpha value is -2.66. The Morgan fingerprint density at radius 1 is 1.08 bits per heavy atom. The topological polar surface area (TPSA) is 56.9 Å². The Balaban J connectivity index is 1.61. The quantitative estimate of drug-likeness (QED) is 0.628. The second-order valence-corrected chi connectivity index (χ2v) is 6.62. The number of hydrogen-bond acceptors (Lipinski definition) is 2. The van der Waals surface area contributed by atoms with Gasteiger partial charge in [0.15, 0.2) is 5.11 Å². The molecule has 0 saturated carbocycles. The summed E-state index contributed by atoms with van der Waals surface area (Å²) < 4.78 is 0. The molecule has 0 bridgehead atoms. The molecule has 3 N–H and O–H groups in total. The monoisotopic (exact) mass is 351 g/mol. The van der Waals surface area contributed by atoms with Crippen molar-refractivity contribution in [3.63, 3.8) is 0 Å². The lowest BCUT2D eigenvalue weighted by atomic mass is 10.1. The highest BCUT2D eigenvalue weighted by Crippen LogP contribution is 2.13. The van der Waals surface area contributed by atoms with Crippen LogP contribution in [0.1, 0.15) is 16.7 Å². The molecule has 0 fully saturated rings. The summed E-state index contributed by atoms with van der Waals surface area (Å²) in [6.07, 6.45) is 0.606. The van der Waals surface area contributed by atoms with Gasteiger partial charge in [-0.1, -0.05) is 24.3 Å². The van der Waals surface area contributed by atoms with E-state index in [4.69, 9.17) is 12.2 Å². The fourth-order valence-corrected chi connectivity index (χ4v) is 2.97. The minimum atomic E-state index is -0.0440. The van der Waals surface area contributed by atoms with Gasteiger partial charge in [-0.05, 0) is 73.3 Å². The summed E-state index contributed by atoms with van der Waals surface area (Å²) in [6.45, 7) is 4.64. The summed E-state index contributed by atoms with van der Waals surface area (Å²) >= 11 is 5.31. The second-order valence-electron chi connectivity index (χ2n) is 6.21. The van der Waals surface area contributed by atoms with E-state index in [1.165, 1.54) is 5.56 Å². The number of aryl methyl sites for hydroxylation is 2. The predicted octanol–water partition coefficient (Wildman–Crippen LogP) is 3.67. The fraction of sp³-hybridized carbons (Fsp3) is 0.200. The van der Waals surface area contributed by atoms with Gasteiger partial charge >= 0.3 is 0 Å². The first-order valence-electron chi connectivity index (χ1n) is 8.25. The lowest BCUT2D eigenvalue weighted by Gasteiger charge is -2.11. The molecule has 0 spiro atoms. The zero-order valence-electron chi connectivity index (χ0n) is 14.3.